The Morgan fingerprint density at radius 1 is 1.21 bits per heavy atom. The molecule has 0 saturated heterocycles. The lowest BCUT2D eigenvalue weighted by atomic mass is 9.39. The molecule has 0 unspecified atom stereocenters. The minimum atomic E-state index is -0.463. The van der Waals surface area contributed by atoms with Gasteiger partial charge in [0.15, 0.2) is 5.82 Å². The Balaban J connectivity index is 1.40. The van der Waals surface area contributed by atoms with Crippen LogP contribution in [0.4, 0.5) is 4.79 Å². The summed E-state index contributed by atoms with van der Waals surface area (Å²) in [6, 6.07) is 10.0. The molecule has 1 amide bonds. The van der Waals surface area contributed by atoms with Crippen molar-refractivity contribution >= 4 is 17.6 Å². The Morgan fingerprint density at radius 2 is 1.88 bits per heavy atom. The van der Waals surface area contributed by atoms with Crippen LogP contribution in [0.5, 0.6) is 0 Å². The third kappa shape index (κ3) is 2.59. The number of nitrogens with zero attached hydrogens (tertiary/aromatic N) is 2. The average Bonchev–Trinajstić information content (AvgIpc) is 2.90. The predicted octanol–water partition coefficient (Wildman–Crippen LogP) is 3.90. The summed E-state index contributed by atoms with van der Waals surface area (Å²) in [5.74, 6) is 0.800. The summed E-state index contributed by atoms with van der Waals surface area (Å²) in [5.41, 5.74) is 0.601. The molecule has 1 aromatic carbocycles. The van der Waals surface area contributed by atoms with Gasteiger partial charge in [0, 0.05) is 16.5 Å². The van der Waals surface area contributed by atoms with Crippen LogP contribution < -0.4 is 5.32 Å². The van der Waals surface area contributed by atoms with E-state index in [1.165, 1.54) is 11.5 Å². The largest absolute Gasteiger partial charge is 0.444 e. The number of hydrogen-bond donors (Lipinski definition) is 1. The standard InChI is InChI=1S/C18H21N3O2S/c1-16(2,3)23-15(22)20-18-9-17(10-18,11-18)14-19-13(21-24-14)12-7-5-4-6-8-12/h4-8H,9-11H2,1-3H3,(H,20,22). The van der Waals surface area contributed by atoms with Gasteiger partial charge in [-0.25, -0.2) is 9.78 Å². The first kappa shape index (κ1) is 15.6. The van der Waals surface area contributed by atoms with Crippen LogP contribution in [0.1, 0.15) is 45.0 Å². The first-order valence-corrected chi connectivity index (χ1v) is 8.98. The van der Waals surface area contributed by atoms with Crippen LogP contribution in [0, 0.1) is 0 Å². The molecular weight excluding hydrogens is 322 g/mol. The van der Waals surface area contributed by atoms with E-state index < -0.39 is 5.60 Å². The lowest BCUT2D eigenvalue weighted by Crippen LogP contribution is -2.76. The van der Waals surface area contributed by atoms with E-state index in [9.17, 15) is 4.79 Å². The Morgan fingerprint density at radius 3 is 2.50 bits per heavy atom. The molecule has 0 atom stereocenters. The van der Waals surface area contributed by atoms with Gasteiger partial charge in [0.2, 0.25) is 0 Å². The van der Waals surface area contributed by atoms with Crippen molar-refractivity contribution in [2.75, 3.05) is 0 Å². The van der Waals surface area contributed by atoms with E-state index in [0.29, 0.717) is 0 Å². The van der Waals surface area contributed by atoms with E-state index in [4.69, 9.17) is 9.72 Å². The number of benzene rings is 1. The molecule has 3 aliphatic rings. The molecule has 3 fully saturated rings. The molecule has 1 N–H and O–H groups in total. The van der Waals surface area contributed by atoms with E-state index >= 15 is 0 Å². The molecule has 1 aromatic heterocycles. The van der Waals surface area contributed by atoms with Crippen molar-refractivity contribution in [3.8, 4) is 11.4 Å². The molecular formula is C18H21N3O2S. The van der Waals surface area contributed by atoms with Gasteiger partial charge in [0.1, 0.15) is 10.6 Å². The van der Waals surface area contributed by atoms with Crippen LogP contribution in [0.15, 0.2) is 30.3 Å². The van der Waals surface area contributed by atoms with Crippen LogP contribution in [0.3, 0.4) is 0 Å². The zero-order valence-electron chi connectivity index (χ0n) is 14.1. The van der Waals surface area contributed by atoms with Crippen molar-refractivity contribution in [1.82, 2.24) is 14.7 Å². The monoisotopic (exact) mass is 343 g/mol. The summed E-state index contributed by atoms with van der Waals surface area (Å²) in [7, 11) is 0. The quantitative estimate of drug-likeness (QED) is 0.918. The smallest absolute Gasteiger partial charge is 0.408 e. The van der Waals surface area contributed by atoms with Crippen LogP contribution in [0.2, 0.25) is 0 Å². The maximum Gasteiger partial charge on any atom is 0.408 e. The first-order chi connectivity index (χ1) is 11.3. The molecule has 0 radical (unpaired) electrons. The third-order valence-corrected chi connectivity index (χ3v) is 5.67. The zero-order chi connectivity index (χ0) is 17.0. The van der Waals surface area contributed by atoms with Gasteiger partial charge in [-0.1, -0.05) is 30.3 Å². The van der Waals surface area contributed by atoms with Gasteiger partial charge < -0.3 is 10.1 Å². The molecule has 0 aliphatic heterocycles. The number of alkyl carbamates (subject to hydrolysis) is 1. The second-order valence-electron chi connectivity index (χ2n) is 8.01. The summed E-state index contributed by atoms with van der Waals surface area (Å²) in [6.45, 7) is 5.63. The van der Waals surface area contributed by atoms with E-state index in [2.05, 4.69) is 9.69 Å². The summed E-state index contributed by atoms with van der Waals surface area (Å²) >= 11 is 1.49. The molecule has 2 aromatic rings. The molecule has 0 spiro atoms. The van der Waals surface area contributed by atoms with Gasteiger partial charge >= 0.3 is 6.09 Å². The van der Waals surface area contributed by atoms with Crippen molar-refractivity contribution in [1.29, 1.82) is 0 Å². The number of amides is 1. The van der Waals surface area contributed by atoms with E-state index in [1.54, 1.807) is 0 Å². The van der Waals surface area contributed by atoms with Gasteiger partial charge in [-0.3, -0.25) is 0 Å². The van der Waals surface area contributed by atoms with E-state index in [-0.39, 0.29) is 17.0 Å². The van der Waals surface area contributed by atoms with Gasteiger partial charge in [-0.2, -0.15) is 4.37 Å². The molecule has 3 saturated carbocycles. The van der Waals surface area contributed by atoms with Gasteiger partial charge in [0.25, 0.3) is 0 Å². The number of aromatic nitrogens is 2. The Kier molecular flexibility index (Phi) is 3.26. The summed E-state index contributed by atoms with van der Waals surface area (Å²) in [6.07, 6.45) is 2.48. The molecule has 126 valence electrons. The minimum Gasteiger partial charge on any atom is -0.444 e. The first-order valence-electron chi connectivity index (χ1n) is 8.20. The number of carbonyl (C=O) groups is 1. The maximum atomic E-state index is 12.0. The van der Waals surface area contributed by atoms with Crippen LogP contribution >= 0.6 is 11.5 Å². The molecule has 2 bridgehead atoms. The normalized spacial score (nSPS) is 27.8. The average molecular weight is 343 g/mol. The fraction of sp³-hybridized carbons (Fsp3) is 0.500. The highest BCUT2D eigenvalue weighted by atomic mass is 32.1. The van der Waals surface area contributed by atoms with Crippen molar-refractivity contribution < 1.29 is 9.53 Å². The molecule has 1 heterocycles. The number of rotatable bonds is 3. The number of nitrogens with one attached hydrogen (secondary N) is 1. The highest BCUT2D eigenvalue weighted by Gasteiger charge is 2.71. The number of carbonyl (C=O) groups excluding carboxylic acids is 1. The lowest BCUT2D eigenvalue weighted by molar-refractivity contribution is -0.0884. The van der Waals surface area contributed by atoms with Gasteiger partial charge in [-0.15, -0.1) is 0 Å². The van der Waals surface area contributed by atoms with Crippen LogP contribution in [0.25, 0.3) is 11.4 Å². The molecule has 3 aliphatic carbocycles. The van der Waals surface area contributed by atoms with Gasteiger partial charge in [0.05, 0.1) is 0 Å². The van der Waals surface area contributed by atoms with Crippen LogP contribution in [-0.2, 0) is 10.2 Å². The fourth-order valence-electron chi connectivity index (χ4n) is 3.81. The SMILES string of the molecule is CC(C)(C)OC(=O)NC12CC(c3nc(-c4ccccc4)ns3)(C1)C2. The predicted molar refractivity (Wildman–Crippen MR) is 93.0 cm³/mol. The Hall–Kier alpha value is -1.95. The molecule has 24 heavy (non-hydrogen) atoms. The molecule has 6 heteroatoms. The highest BCUT2D eigenvalue weighted by molar-refractivity contribution is 7.05. The Labute approximate surface area is 145 Å². The second-order valence-corrected chi connectivity index (χ2v) is 8.76. The fourth-order valence-corrected chi connectivity index (χ4v) is 4.67. The second kappa shape index (κ2) is 5.02. The molecule has 5 nitrogen and oxygen atoms in total. The van der Waals surface area contributed by atoms with Gasteiger partial charge in [-0.05, 0) is 51.6 Å². The topological polar surface area (TPSA) is 64.1 Å². The summed E-state index contributed by atoms with van der Waals surface area (Å²) in [5, 5.41) is 4.14. The summed E-state index contributed by atoms with van der Waals surface area (Å²) in [4.78, 5) is 16.7. The zero-order valence-corrected chi connectivity index (χ0v) is 14.9. The van der Waals surface area contributed by atoms with Crippen molar-refractivity contribution in [3.63, 3.8) is 0 Å². The van der Waals surface area contributed by atoms with E-state index in [1.807, 2.05) is 51.1 Å². The highest BCUT2D eigenvalue weighted by Crippen LogP contribution is 2.68. The van der Waals surface area contributed by atoms with Crippen molar-refractivity contribution in [2.45, 2.75) is 56.6 Å². The van der Waals surface area contributed by atoms with E-state index in [0.717, 1.165) is 35.7 Å². The van der Waals surface area contributed by atoms with Crippen LogP contribution in [-0.4, -0.2) is 26.6 Å². The van der Waals surface area contributed by atoms with Crippen molar-refractivity contribution in [2.24, 2.45) is 0 Å². The van der Waals surface area contributed by atoms with Crippen molar-refractivity contribution in [3.05, 3.63) is 35.3 Å². The lowest BCUT2D eigenvalue weighted by Gasteiger charge is -2.69. The molecule has 5 rings (SSSR count). The summed E-state index contributed by atoms with van der Waals surface area (Å²) < 4.78 is 9.87. The number of ether oxygens (including phenoxy) is 1. The minimum absolute atomic E-state index is 0.0963. The Bertz CT molecular complexity index is 759. The maximum absolute atomic E-state index is 12.0. The number of hydrogen-bond acceptors (Lipinski definition) is 5. The third-order valence-electron chi connectivity index (χ3n) is 4.71.